The highest BCUT2D eigenvalue weighted by molar-refractivity contribution is 5.59. The second kappa shape index (κ2) is 20.1. The first kappa shape index (κ1) is 23.0. The lowest BCUT2D eigenvalue weighted by molar-refractivity contribution is 0.0529. The van der Waals surface area contributed by atoms with Crippen molar-refractivity contribution < 1.29 is 14.3 Å². The van der Waals surface area contributed by atoms with Crippen molar-refractivity contribution in [1.82, 2.24) is 0 Å². The molecule has 0 aromatic rings. The van der Waals surface area contributed by atoms with E-state index >= 15 is 0 Å². The Morgan fingerprint density at radius 2 is 1.08 bits per heavy atom. The lowest BCUT2D eigenvalue weighted by Crippen LogP contribution is -2.09. The molecule has 0 unspecified atom stereocenters. The van der Waals surface area contributed by atoms with Crippen LogP contribution in [0.1, 0.15) is 104 Å². The Morgan fingerprint density at radius 1 is 0.625 bits per heavy atom. The molecule has 3 nitrogen and oxygen atoms in total. The second-order valence-corrected chi connectivity index (χ2v) is 6.53. The molecule has 0 rings (SSSR count). The fraction of sp³-hybridized carbons (Fsp3) is 0.857. The van der Waals surface area contributed by atoms with Crippen LogP contribution in [0.4, 0.5) is 4.79 Å². The van der Waals surface area contributed by atoms with E-state index in [-0.39, 0.29) is 0 Å². The minimum absolute atomic E-state index is 0.492. The molecule has 0 aliphatic rings. The summed E-state index contributed by atoms with van der Waals surface area (Å²) in [4.78, 5) is 11.3. The van der Waals surface area contributed by atoms with Gasteiger partial charge in [0.15, 0.2) is 0 Å². The monoisotopic (exact) mass is 340 g/mol. The Bertz CT molecular complexity index is 287. The molecule has 0 atom stereocenters. The summed E-state index contributed by atoms with van der Waals surface area (Å²) in [6, 6.07) is 0. The highest BCUT2D eigenvalue weighted by Crippen LogP contribution is 2.08. The van der Waals surface area contributed by atoms with Crippen molar-refractivity contribution in [2.45, 2.75) is 104 Å². The third kappa shape index (κ3) is 19.1. The van der Waals surface area contributed by atoms with Crippen LogP contribution in [-0.4, -0.2) is 19.4 Å². The van der Waals surface area contributed by atoms with Gasteiger partial charge in [-0.05, 0) is 32.1 Å². The Labute approximate surface area is 150 Å². The average molecular weight is 341 g/mol. The van der Waals surface area contributed by atoms with E-state index in [0.29, 0.717) is 13.2 Å². The summed E-state index contributed by atoms with van der Waals surface area (Å²) in [5, 5.41) is 0. The first-order valence-corrected chi connectivity index (χ1v) is 10.3. The Balaban J connectivity index is 3.16. The molecule has 3 heteroatoms. The van der Waals surface area contributed by atoms with Crippen molar-refractivity contribution in [3.8, 4) is 0 Å². The molecule has 0 aliphatic heterocycles. The van der Waals surface area contributed by atoms with Gasteiger partial charge in [0, 0.05) is 0 Å². The lowest BCUT2D eigenvalue weighted by atomic mass is 10.1. The van der Waals surface area contributed by atoms with Gasteiger partial charge in [0.05, 0.1) is 13.2 Å². The number of ether oxygens (including phenoxy) is 2. The van der Waals surface area contributed by atoms with Gasteiger partial charge in [-0.2, -0.15) is 0 Å². The summed E-state index contributed by atoms with van der Waals surface area (Å²) in [7, 11) is 0. The van der Waals surface area contributed by atoms with Crippen molar-refractivity contribution in [2.24, 2.45) is 0 Å². The van der Waals surface area contributed by atoms with Crippen molar-refractivity contribution in [3.05, 3.63) is 12.2 Å². The first-order valence-electron chi connectivity index (χ1n) is 10.3. The zero-order chi connectivity index (χ0) is 17.7. The molecular formula is C21H40O3. The molecule has 0 spiro atoms. The number of carbonyl (C=O) groups excluding carboxylic acids is 1. The molecule has 0 amide bonds. The standard InChI is InChI=1S/C21H40O3/c1-3-5-7-9-10-11-12-13-14-15-16-18-20-24-21(22)23-19-17-8-6-4-2/h9-10H,3-8,11-20H2,1-2H3/b10-9-. The third-order valence-electron chi connectivity index (χ3n) is 4.09. The summed E-state index contributed by atoms with van der Waals surface area (Å²) in [6.45, 7) is 5.39. The molecule has 0 aromatic heterocycles. The second-order valence-electron chi connectivity index (χ2n) is 6.53. The summed E-state index contributed by atoms with van der Waals surface area (Å²) >= 11 is 0. The van der Waals surface area contributed by atoms with E-state index in [1.165, 1.54) is 64.2 Å². The maximum atomic E-state index is 11.3. The van der Waals surface area contributed by atoms with E-state index in [2.05, 4.69) is 26.0 Å². The summed E-state index contributed by atoms with van der Waals surface area (Å²) < 4.78 is 10.1. The van der Waals surface area contributed by atoms with Crippen LogP contribution < -0.4 is 0 Å². The molecule has 0 aromatic carbocycles. The smallest absolute Gasteiger partial charge is 0.434 e. The topological polar surface area (TPSA) is 35.5 Å². The summed E-state index contributed by atoms with van der Waals surface area (Å²) in [5.41, 5.74) is 0. The van der Waals surface area contributed by atoms with E-state index in [4.69, 9.17) is 9.47 Å². The molecular weight excluding hydrogens is 300 g/mol. The van der Waals surface area contributed by atoms with Crippen LogP contribution >= 0.6 is 0 Å². The zero-order valence-corrected chi connectivity index (χ0v) is 16.2. The number of unbranched alkanes of at least 4 members (excludes halogenated alkanes) is 11. The lowest BCUT2D eigenvalue weighted by Gasteiger charge is -2.06. The summed E-state index contributed by atoms with van der Waals surface area (Å²) in [5.74, 6) is 0. The van der Waals surface area contributed by atoms with Crippen molar-refractivity contribution in [2.75, 3.05) is 13.2 Å². The SMILES string of the molecule is CCCC/C=C\CCCCCCCCOC(=O)OCCCCCC. The highest BCUT2D eigenvalue weighted by atomic mass is 16.7. The first-order chi connectivity index (χ1) is 11.8. The van der Waals surface area contributed by atoms with Crippen molar-refractivity contribution in [1.29, 1.82) is 0 Å². The van der Waals surface area contributed by atoms with E-state index in [0.717, 1.165) is 25.7 Å². The Hall–Kier alpha value is -0.990. The molecule has 0 bridgehead atoms. The predicted octanol–water partition coefficient (Wildman–Crippen LogP) is 7.20. The van der Waals surface area contributed by atoms with Crippen LogP contribution in [0.25, 0.3) is 0 Å². The van der Waals surface area contributed by atoms with Gasteiger partial charge in [0.1, 0.15) is 0 Å². The molecule has 24 heavy (non-hydrogen) atoms. The molecule has 0 saturated heterocycles. The summed E-state index contributed by atoms with van der Waals surface area (Å²) in [6.07, 6.45) is 20.9. The van der Waals surface area contributed by atoms with Crippen molar-refractivity contribution >= 4 is 6.16 Å². The zero-order valence-electron chi connectivity index (χ0n) is 16.2. The number of rotatable bonds is 17. The van der Waals surface area contributed by atoms with Crippen LogP contribution in [0.2, 0.25) is 0 Å². The van der Waals surface area contributed by atoms with Crippen LogP contribution in [-0.2, 0) is 9.47 Å². The van der Waals surface area contributed by atoms with Crippen LogP contribution in [0.5, 0.6) is 0 Å². The number of allylic oxidation sites excluding steroid dienone is 2. The fourth-order valence-corrected chi connectivity index (χ4v) is 2.51. The van der Waals surface area contributed by atoms with Gasteiger partial charge in [-0.25, -0.2) is 4.79 Å². The van der Waals surface area contributed by atoms with E-state index in [1.807, 2.05) is 0 Å². The van der Waals surface area contributed by atoms with Gasteiger partial charge in [0.25, 0.3) is 0 Å². The van der Waals surface area contributed by atoms with Crippen molar-refractivity contribution in [3.63, 3.8) is 0 Å². The number of carbonyl (C=O) groups is 1. The molecule has 0 heterocycles. The minimum atomic E-state index is -0.499. The number of hydrogen-bond donors (Lipinski definition) is 0. The van der Waals surface area contributed by atoms with Crippen LogP contribution in [0.15, 0.2) is 12.2 Å². The van der Waals surface area contributed by atoms with E-state index in [1.54, 1.807) is 0 Å². The highest BCUT2D eigenvalue weighted by Gasteiger charge is 2.02. The molecule has 142 valence electrons. The number of hydrogen-bond acceptors (Lipinski definition) is 3. The third-order valence-corrected chi connectivity index (χ3v) is 4.09. The van der Waals surface area contributed by atoms with Gasteiger partial charge < -0.3 is 9.47 Å². The average Bonchev–Trinajstić information content (AvgIpc) is 2.59. The Morgan fingerprint density at radius 3 is 1.67 bits per heavy atom. The normalized spacial score (nSPS) is 11.1. The molecule has 0 fully saturated rings. The van der Waals surface area contributed by atoms with Crippen LogP contribution in [0, 0.1) is 0 Å². The van der Waals surface area contributed by atoms with Crippen LogP contribution in [0.3, 0.4) is 0 Å². The molecule has 0 N–H and O–H groups in total. The van der Waals surface area contributed by atoms with E-state index in [9.17, 15) is 4.79 Å². The predicted molar refractivity (Wildman–Crippen MR) is 102 cm³/mol. The maximum absolute atomic E-state index is 11.3. The maximum Gasteiger partial charge on any atom is 0.508 e. The largest absolute Gasteiger partial charge is 0.508 e. The molecule has 0 aliphatic carbocycles. The van der Waals surface area contributed by atoms with E-state index < -0.39 is 6.16 Å². The Kier molecular flexibility index (Phi) is 19.2. The van der Waals surface area contributed by atoms with Gasteiger partial charge in [-0.15, -0.1) is 0 Å². The fourth-order valence-electron chi connectivity index (χ4n) is 2.51. The van der Waals surface area contributed by atoms with Gasteiger partial charge in [-0.1, -0.05) is 83.8 Å². The van der Waals surface area contributed by atoms with Gasteiger partial charge >= 0.3 is 6.16 Å². The minimum Gasteiger partial charge on any atom is -0.434 e. The quantitative estimate of drug-likeness (QED) is 0.159. The van der Waals surface area contributed by atoms with Gasteiger partial charge in [0.2, 0.25) is 0 Å². The van der Waals surface area contributed by atoms with Gasteiger partial charge in [-0.3, -0.25) is 0 Å². The molecule has 0 saturated carbocycles. The molecule has 0 radical (unpaired) electrons.